The van der Waals surface area contributed by atoms with Crippen LogP contribution >= 0.6 is 0 Å². The third-order valence-electron chi connectivity index (χ3n) is 11.1. The Morgan fingerprint density at radius 1 is 0.597 bits per heavy atom. The summed E-state index contributed by atoms with van der Waals surface area (Å²) in [5, 5.41) is 56.5. The van der Waals surface area contributed by atoms with Crippen molar-refractivity contribution in [3.8, 4) is 0 Å². The normalized spacial score (nSPS) is 21.1. The molecular formula is C56H89NO10. The van der Waals surface area contributed by atoms with Crippen LogP contribution in [0.25, 0.3) is 0 Å². The van der Waals surface area contributed by atoms with Gasteiger partial charge in [0.25, 0.3) is 0 Å². The van der Waals surface area contributed by atoms with Crippen molar-refractivity contribution in [2.24, 2.45) is 0 Å². The summed E-state index contributed by atoms with van der Waals surface area (Å²) in [4.78, 5) is 26.3. The van der Waals surface area contributed by atoms with Gasteiger partial charge in [-0.15, -0.1) is 0 Å². The molecule has 11 heteroatoms. The number of aliphatic hydroxyl groups is 5. The second-order valence-corrected chi connectivity index (χ2v) is 17.0. The molecule has 1 rings (SSSR count). The van der Waals surface area contributed by atoms with Crippen LogP contribution in [0.4, 0.5) is 0 Å². The Morgan fingerprint density at radius 3 is 1.61 bits per heavy atom. The second-order valence-electron chi connectivity index (χ2n) is 17.0. The van der Waals surface area contributed by atoms with Crippen molar-refractivity contribution in [1.29, 1.82) is 0 Å². The molecule has 0 aromatic heterocycles. The zero-order chi connectivity index (χ0) is 49.0. The maximum absolute atomic E-state index is 13.3. The lowest BCUT2D eigenvalue weighted by atomic mass is 9.99. The minimum atomic E-state index is -1.64. The van der Waals surface area contributed by atoms with E-state index < -0.39 is 67.4 Å². The Hall–Kier alpha value is -3.94. The fraction of sp³-hybridized carbons (Fsp3) is 0.607. The molecule has 6 N–H and O–H groups in total. The highest BCUT2D eigenvalue weighted by atomic mass is 16.7. The van der Waals surface area contributed by atoms with E-state index in [2.05, 4.69) is 44.3 Å². The van der Waals surface area contributed by atoms with E-state index in [9.17, 15) is 35.1 Å². The van der Waals surface area contributed by atoms with Crippen molar-refractivity contribution in [2.45, 2.75) is 205 Å². The van der Waals surface area contributed by atoms with E-state index >= 15 is 0 Å². The summed E-state index contributed by atoms with van der Waals surface area (Å²) in [5.41, 5.74) is 0. The standard InChI is InChI=1S/C56H89NO10/c1-4-7-10-13-16-19-22-24-26-28-31-34-37-40-43-49(60)55(64)57-47(48(59)42-39-36-33-30-27-21-18-15-12-9-6-3)46-65-56-54(53(63)52(62)50(45-58)66-56)67-51(61)44-41-38-35-32-29-25-23-20-17-14-11-8-5-2/h7-8,10-11,13-14,16-17,19-20,22-26,28-29,31,39,42,47-50,52-54,56,58-60,62-63H,4-6,9,12,15,18,21,27,30,32-38,40-41,43-46H2,1-3H3,(H,57,64)/b10-7+,11-8+,16-13+,17-14+,22-19-,23-20-,26-24-,29-25-,31-28+,42-39+. The molecular weight excluding hydrogens is 847 g/mol. The van der Waals surface area contributed by atoms with Crippen molar-refractivity contribution in [3.63, 3.8) is 0 Å². The number of unbranched alkanes of at least 4 members (excludes halogenated alkanes) is 14. The van der Waals surface area contributed by atoms with E-state index in [1.807, 2.05) is 97.2 Å². The van der Waals surface area contributed by atoms with Crippen LogP contribution in [0.5, 0.6) is 0 Å². The van der Waals surface area contributed by atoms with E-state index in [1.54, 1.807) is 6.08 Å². The highest BCUT2D eigenvalue weighted by Crippen LogP contribution is 2.26. The maximum atomic E-state index is 13.3. The number of hydrogen-bond acceptors (Lipinski definition) is 10. The van der Waals surface area contributed by atoms with Crippen LogP contribution < -0.4 is 5.32 Å². The number of allylic oxidation sites excluding steroid dienone is 19. The third-order valence-corrected chi connectivity index (χ3v) is 11.1. The van der Waals surface area contributed by atoms with Crippen LogP contribution in [-0.4, -0.2) is 99.6 Å². The lowest BCUT2D eigenvalue weighted by molar-refractivity contribution is -0.305. The molecule has 0 spiro atoms. The smallest absolute Gasteiger partial charge is 0.306 e. The highest BCUT2D eigenvalue weighted by Gasteiger charge is 2.47. The molecule has 1 fully saturated rings. The minimum absolute atomic E-state index is 0.0642. The molecule has 0 saturated carbocycles. The quantitative estimate of drug-likeness (QED) is 0.0151. The Bertz CT molecular complexity index is 1540. The number of amides is 1. The van der Waals surface area contributed by atoms with Crippen LogP contribution in [0.3, 0.4) is 0 Å². The number of carbonyl (C=O) groups excluding carboxylic acids is 2. The summed E-state index contributed by atoms with van der Waals surface area (Å²) in [5.74, 6) is -1.30. The average molecular weight is 936 g/mol. The molecule has 11 nitrogen and oxygen atoms in total. The summed E-state index contributed by atoms with van der Waals surface area (Å²) in [6.07, 6.45) is 48.3. The highest BCUT2D eigenvalue weighted by molar-refractivity contribution is 5.80. The average Bonchev–Trinajstić information content (AvgIpc) is 3.32. The van der Waals surface area contributed by atoms with E-state index in [0.29, 0.717) is 12.8 Å². The Labute approximate surface area is 404 Å². The van der Waals surface area contributed by atoms with E-state index in [0.717, 1.165) is 70.6 Å². The molecule has 0 bridgehead atoms. The van der Waals surface area contributed by atoms with Gasteiger partial charge in [0.15, 0.2) is 12.4 Å². The summed E-state index contributed by atoms with van der Waals surface area (Å²) < 4.78 is 17.4. The van der Waals surface area contributed by atoms with E-state index in [1.165, 1.54) is 38.5 Å². The van der Waals surface area contributed by atoms with Gasteiger partial charge in [0.1, 0.15) is 24.4 Å². The van der Waals surface area contributed by atoms with Gasteiger partial charge in [-0.05, 0) is 64.2 Å². The third kappa shape index (κ3) is 32.4. The number of rotatable bonds is 39. The van der Waals surface area contributed by atoms with Crippen LogP contribution in [-0.2, 0) is 23.8 Å². The Morgan fingerprint density at radius 2 is 1.07 bits per heavy atom. The molecule has 1 aliphatic rings. The predicted octanol–water partition coefficient (Wildman–Crippen LogP) is 10.4. The van der Waals surface area contributed by atoms with Gasteiger partial charge in [-0.25, -0.2) is 0 Å². The van der Waals surface area contributed by atoms with Crippen molar-refractivity contribution >= 4 is 11.9 Å². The molecule has 67 heavy (non-hydrogen) atoms. The summed E-state index contributed by atoms with van der Waals surface area (Å²) in [7, 11) is 0. The number of aliphatic hydroxyl groups excluding tert-OH is 5. The molecule has 0 aromatic carbocycles. The van der Waals surface area contributed by atoms with E-state index in [4.69, 9.17) is 14.2 Å². The topological polar surface area (TPSA) is 175 Å². The molecule has 8 atom stereocenters. The first-order valence-electron chi connectivity index (χ1n) is 25.4. The van der Waals surface area contributed by atoms with Gasteiger partial charge in [0.05, 0.1) is 25.4 Å². The minimum Gasteiger partial charge on any atom is -0.454 e. The van der Waals surface area contributed by atoms with Crippen molar-refractivity contribution in [3.05, 3.63) is 122 Å². The molecule has 0 radical (unpaired) electrons. The molecule has 0 aromatic rings. The monoisotopic (exact) mass is 936 g/mol. The first-order chi connectivity index (χ1) is 32.7. The van der Waals surface area contributed by atoms with Crippen LogP contribution in [0, 0.1) is 0 Å². The molecule has 378 valence electrons. The predicted molar refractivity (Wildman–Crippen MR) is 273 cm³/mol. The molecule has 1 amide bonds. The lowest BCUT2D eigenvalue weighted by Gasteiger charge is -2.41. The van der Waals surface area contributed by atoms with Gasteiger partial charge >= 0.3 is 5.97 Å². The Kier molecular flexibility index (Phi) is 39.5. The van der Waals surface area contributed by atoms with E-state index in [-0.39, 0.29) is 19.4 Å². The number of carbonyl (C=O) groups is 2. The van der Waals surface area contributed by atoms with Crippen molar-refractivity contribution < 1.29 is 49.3 Å². The fourth-order valence-electron chi connectivity index (χ4n) is 7.03. The summed E-state index contributed by atoms with van der Waals surface area (Å²) in [6.45, 7) is 5.38. The number of ether oxygens (including phenoxy) is 3. The molecule has 1 saturated heterocycles. The molecule has 1 aliphatic heterocycles. The zero-order valence-corrected chi connectivity index (χ0v) is 41.2. The van der Waals surface area contributed by atoms with Gasteiger partial charge in [-0.3, -0.25) is 9.59 Å². The van der Waals surface area contributed by atoms with Gasteiger partial charge in [-0.2, -0.15) is 0 Å². The maximum Gasteiger partial charge on any atom is 0.306 e. The largest absolute Gasteiger partial charge is 0.454 e. The molecule has 0 aliphatic carbocycles. The fourth-order valence-corrected chi connectivity index (χ4v) is 7.03. The first-order valence-corrected chi connectivity index (χ1v) is 25.4. The van der Waals surface area contributed by atoms with Crippen molar-refractivity contribution in [2.75, 3.05) is 13.2 Å². The Balaban J connectivity index is 2.87. The molecule has 1 heterocycles. The van der Waals surface area contributed by atoms with Gasteiger partial charge in [0.2, 0.25) is 5.91 Å². The van der Waals surface area contributed by atoms with Crippen LogP contribution in [0.1, 0.15) is 156 Å². The number of hydrogen-bond donors (Lipinski definition) is 6. The van der Waals surface area contributed by atoms with Gasteiger partial charge in [0, 0.05) is 6.42 Å². The van der Waals surface area contributed by atoms with Crippen LogP contribution in [0.2, 0.25) is 0 Å². The second kappa shape index (κ2) is 43.3. The lowest BCUT2D eigenvalue weighted by Crippen LogP contribution is -2.61. The van der Waals surface area contributed by atoms with Gasteiger partial charge in [-0.1, -0.05) is 206 Å². The number of nitrogens with one attached hydrogen (secondary N) is 1. The summed E-state index contributed by atoms with van der Waals surface area (Å²) in [6, 6.07) is -1.06. The SMILES string of the molecule is CC/C=C/C=C/C=C\C=C/C=C/CCCCC(O)C(=O)NC(COC1OC(CO)C(O)C(O)C1OC(=O)CCCCC\C=C/C=C\C=C\C=C\CC)C(O)/C=C/CCCCCCCCCCC. The van der Waals surface area contributed by atoms with Crippen LogP contribution in [0.15, 0.2) is 122 Å². The molecule has 8 unspecified atom stereocenters. The summed E-state index contributed by atoms with van der Waals surface area (Å²) >= 11 is 0. The van der Waals surface area contributed by atoms with Crippen molar-refractivity contribution in [1.82, 2.24) is 5.32 Å². The zero-order valence-electron chi connectivity index (χ0n) is 41.2. The number of esters is 1. The van der Waals surface area contributed by atoms with Gasteiger partial charge < -0.3 is 45.1 Å². The first kappa shape index (κ1) is 61.1.